The van der Waals surface area contributed by atoms with Crippen LogP contribution in [0.3, 0.4) is 0 Å². The van der Waals surface area contributed by atoms with Gasteiger partial charge in [0.05, 0.1) is 5.41 Å². The Morgan fingerprint density at radius 3 is 2.59 bits per heavy atom. The first-order valence-corrected chi connectivity index (χ1v) is 7.14. The van der Waals surface area contributed by atoms with Gasteiger partial charge in [-0.3, -0.25) is 4.79 Å². The third kappa shape index (κ3) is 1.79. The summed E-state index contributed by atoms with van der Waals surface area (Å²) in [7, 11) is 0. The summed E-state index contributed by atoms with van der Waals surface area (Å²) < 4.78 is 0. The van der Waals surface area contributed by atoms with Crippen molar-refractivity contribution in [2.45, 2.75) is 51.5 Å². The molecule has 0 saturated heterocycles. The summed E-state index contributed by atoms with van der Waals surface area (Å²) in [6, 6.07) is 0.459. The maximum absolute atomic E-state index is 12.4. The molecular formula is C14H24N2O. The lowest BCUT2D eigenvalue weighted by molar-refractivity contribution is -0.139. The quantitative estimate of drug-likeness (QED) is 0.783. The van der Waals surface area contributed by atoms with Crippen molar-refractivity contribution in [2.75, 3.05) is 6.54 Å². The van der Waals surface area contributed by atoms with Crippen LogP contribution in [-0.2, 0) is 4.79 Å². The molecule has 3 atom stereocenters. The van der Waals surface area contributed by atoms with Crippen molar-refractivity contribution in [1.82, 2.24) is 5.32 Å². The fourth-order valence-corrected chi connectivity index (χ4v) is 4.46. The van der Waals surface area contributed by atoms with Crippen molar-refractivity contribution in [3.05, 3.63) is 0 Å². The van der Waals surface area contributed by atoms with E-state index in [-0.39, 0.29) is 11.3 Å². The summed E-state index contributed by atoms with van der Waals surface area (Å²) in [5, 5.41) is 3.31. The van der Waals surface area contributed by atoms with Gasteiger partial charge in [0.1, 0.15) is 0 Å². The van der Waals surface area contributed by atoms with E-state index in [1.807, 2.05) is 0 Å². The van der Waals surface area contributed by atoms with Gasteiger partial charge in [-0.2, -0.15) is 0 Å². The summed E-state index contributed by atoms with van der Waals surface area (Å²) in [5.74, 6) is 2.57. The van der Waals surface area contributed by atoms with E-state index in [1.54, 1.807) is 0 Å². The van der Waals surface area contributed by atoms with E-state index in [0.29, 0.717) is 18.5 Å². The molecule has 0 aromatic heterocycles. The van der Waals surface area contributed by atoms with E-state index in [9.17, 15) is 4.79 Å². The molecule has 0 aromatic rings. The molecule has 3 fully saturated rings. The van der Waals surface area contributed by atoms with Crippen LogP contribution in [0.4, 0.5) is 0 Å². The highest BCUT2D eigenvalue weighted by Gasteiger charge is 2.49. The zero-order valence-electron chi connectivity index (χ0n) is 10.7. The Morgan fingerprint density at radius 1 is 1.35 bits per heavy atom. The Labute approximate surface area is 104 Å². The molecule has 3 nitrogen and oxygen atoms in total. The third-order valence-corrected chi connectivity index (χ3v) is 5.41. The van der Waals surface area contributed by atoms with Crippen LogP contribution < -0.4 is 11.1 Å². The molecular weight excluding hydrogens is 212 g/mol. The average molecular weight is 236 g/mol. The van der Waals surface area contributed by atoms with Gasteiger partial charge in [-0.1, -0.05) is 13.3 Å². The van der Waals surface area contributed by atoms with Crippen LogP contribution in [0.5, 0.6) is 0 Å². The van der Waals surface area contributed by atoms with E-state index < -0.39 is 0 Å². The molecule has 3 aliphatic carbocycles. The van der Waals surface area contributed by atoms with Gasteiger partial charge in [-0.05, 0) is 49.9 Å². The molecule has 2 bridgehead atoms. The monoisotopic (exact) mass is 236 g/mol. The molecule has 3 saturated carbocycles. The summed E-state index contributed by atoms with van der Waals surface area (Å²) in [4.78, 5) is 12.4. The highest BCUT2D eigenvalue weighted by molar-refractivity contribution is 5.84. The first-order chi connectivity index (χ1) is 8.13. The molecule has 0 radical (unpaired) electrons. The summed E-state index contributed by atoms with van der Waals surface area (Å²) in [6.07, 6.45) is 7.23. The normalized spacial score (nSPS) is 47.9. The molecule has 17 heavy (non-hydrogen) atoms. The van der Waals surface area contributed by atoms with Gasteiger partial charge >= 0.3 is 0 Å². The van der Waals surface area contributed by atoms with Crippen molar-refractivity contribution in [1.29, 1.82) is 0 Å². The van der Waals surface area contributed by atoms with Gasteiger partial charge in [0.15, 0.2) is 0 Å². The summed E-state index contributed by atoms with van der Waals surface area (Å²) in [5.41, 5.74) is 5.60. The zero-order valence-corrected chi connectivity index (χ0v) is 10.7. The molecule has 3 heteroatoms. The Kier molecular flexibility index (Phi) is 2.69. The fraction of sp³-hybridized carbons (Fsp3) is 0.929. The van der Waals surface area contributed by atoms with E-state index in [4.69, 9.17) is 5.73 Å². The molecule has 3 N–H and O–H groups in total. The number of fused-ring (bicyclic) bond motifs is 2. The van der Waals surface area contributed by atoms with Gasteiger partial charge in [0, 0.05) is 12.6 Å². The predicted octanol–water partition coefficient (Wildman–Crippen LogP) is 1.67. The average Bonchev–Trinajstić information content (AvgIpc) is 2.86. The van der Waals surface area contributed by atoms with Crippen LogP contribution >= 0.6 is 0 Å². The van der Waals surface area contributed by atoms with E-state index in [0.717, 1.165) is 24.7 Å². The third-order valence-electron chi connectivity index (χ3n) is 5.41. The number of amides is 1. The molecule has 0 spiro atoms. The lowest BCUT2D eigenvalue weighted by atomic mass is 9.62. The molecule has 0 aromatic carbocycles. The number of rotatable bonds is 3. The Hall–Kier alpha value is -0.570. The summed E-state index contributed by atoms with van der Waals surface area (Å²) in [6.45, 7) is 2.72. The van der Waals surface area contributed by atoms with Crippen molar-refractivity contribution >= 4 is 5.91 Å². The minimum absolute atomic E-state index is 0.221. The Bertz CT molecular complexity index is 322. The van der Waals surface area contributed by atoms with E-state index >= 15 is 0 Å². The van der Waals surface area contributed by atoms with Gasteiger partial charge in [-0.25, -0.2) is 0 Å². The Morgan fingerprint density at radius 2 is 2.12 bits per heavy atom. The summed E-state index contributed by atoms with van der Waals surface area (Å²) >= 11 is 0. The highest BCUT2D eigenvalue weighted by atomic mass is 16.2. The standard InChI is InChI=1S/C14H24N2O/c1-9-6-14(7-9,8-15)13(17)16-12-5-10-2-3-11(12)4-10/h9-12H,2-8,15H2,1H3,(H,16,17). The van der Waals surface area contributed by atoms with Gasteiger partial charge in [0.2, 0.25) is 5.91 Å². The number of carbonyl (C=O) groups excluding carboxylic acids is 1. The van der Waals surface area contributed by atoms with Crippen LogP contribution in [0.25, 0.3) is 0 Å². The van der Waals surface area contributed by atoms with Crippen molar-refractivity contribution in [2.24, 2.45) is 28.9 Å². The fourth-order valence-electron chi connectivity index (χ4n) is 4.46. The maximum Gasteiger partial charge on any atom is 0.227 e. The molecule has 96 valence electrons. The number of hydrogen-bond donors (Lipinski definition) is 2. The molecule has 1 amide bonds. The van der Waals surface area contributed by atoms with Gasteiger partial charge in [0.25, 0.3) is 0 Å². The van der Waals surface area contributed by atoms with Crippen molar-refractivity contribution in [3.63, 3.8) is 0 Å². The first-order valence-electron chi connectivity index (χ1n) is 7.14. The molecule has 3 rings (SSSR count). The zero-order chi connectivity index (χ0) is 12.0. The first kappa shape index (κ1) is 11.5. The highest BCUT2D eigenvalue weighted by Crippen LogP contribution is 2.47. The maximum atomic E-state index is 12.4. The van der Waals surface area contributed by atoms with Gasteiger partial charge < -0.3 is 11.1 Å². The minimum Gasteiger partial charge on any atom is -0.353 e. The van der Waals surface area contributed by atoms with Crippen molar-refractivity contribution in [3.8, 4) is 0 Å². The molecule has 3 aliphatic rings. The second-order valence-corrected chi connectivity index (χ2v) is 6.75. The lowest BCUT2D eigenvalue weighted by Crippen LogP contribution is -2.56. The molecule has 0 heterocycles. The SMILES string of the molecule is CC1CC(CN)(C(=O)NC2CC3CCC2C3)C1. The minimum atomic E-state index is -0.221. The van der Waals surface area contributed by atoms with Crippen LogP contribution in [0.1, 0.15) is 45.4 Å². The van der Waals surface area contributed by atoms with Crippen LogP contribution in [0.15, 0.2) is 0 Å². The number of nitrogens with one attached hydrogen (secondary N) is 1. The van der Waals surface area contributed by atoms with Crippen LogP contribution in [0.2, 0.25) is 0 Å². The topological polar surface area (TPSA) is 55.1 Å². The Balaban J connectivity index is 1.60. The second-order valence-electron chi connectivity index (χ2n) is 6.75. The van der Waals surface area contributed by atoms with E-state index in [1.165, 1.54) is 25.7 Å². The second kappa shape index (κ2) is 3.98. The van der Waals surface area contributed by atoms with Gasteiger partial charge in [-0.15, -0.1) is 0 Å². The van der Waals surface area contributed by atoms with Crippen LogP contribution in [0, 0.1) is 23.2 Å². The predicted molar refractivity (Wildman–Crippen MR) is 67.3 cm³/mol. The largest absolute Gasteiger partial charge is 0.353 e. The van der Waals surface area contributed by atoms with E-state index in [2.05, 4.69) is 12.2 Å². The number of carbonyl (C=O) groups is 1. The molecule has 0 aliphatic heterocycles. The number of nitrogens with two attached hydrogens (primary N) is 1. The van der Waals surface area contributed by atoms with Crippen molar-refractivity contribution < 1.29 is 4.79 Å². The smallest absolute Gasteiger partial charge is 0.227 e. The lowest BCUT2D eigenvalue weighted by Gasteiger charge is -2.45. The molecule has 3 unspecified atom stereocenters. The number of hydrogen-bond acceptors (Lipinski definition) is 2. The van der Waals surface area contributed by atoms with Crippen LogP contribution in [-0.4, -0.2) is 18.5 Å².